The Morgan fingerprint density at radius 2 is 1.86 bits per heavy atom. The lowest BCUT2D eigenvalue weighted by Gasteiger charge is -2.56. The van der Waals surface area contributed by atoms with Crippen molar-refractivity contribution >= 4 is 27.3 Å². The molecule has 21 heavy (non-hydrogen) atoms. The van der Waals surface area contributed by atoms with E-state index in [1.165, 1.54) is 36.6 Å². The van der Waals surface area contributed by atoms with Gasteiger partial charge >= 0.3 is 0 Å². The van der Waals surface area contributed by atoms with E-state index in [0.29, 0.717) is 6.04 Å². The third-order valence-corrected chi connectivity index (χ3v) is 7.99. The maximum Gasteiger partial charge on any atom is 0.0285 e. The fourth-order valence-electron chi connectivity index (χ4n) is 5.91. The molecule has 4 aliphatic carbocycles. The summed E-state index contributed by atoms with van der Waals surface area (Å²) in [6.07, 6.45) is 8.93. The van der Waals surface area contributed by atoms with E-state index in [-0.39, 0.29) is 0 Å². The standard InChI is InChI=1S/C18H26BrNS/c1-2-20-17(9-16-8-15(19)10-21-16)18-13-4-11-3-12(6-13)7-14(18)5-11/h8,10-14,17-18,20H,2-7,9H2,1H3. The Morgan fingerprint density at radius 3 is 2.38 bits per heavy atom. The maximum absolute atomic E-state index is 3.86. The molecule has 1 aromatic heterocycles. The predicted molar refractivity (Wildman–Crippen MR) is 93.7 cm³/mol. The minimum atomic E-state index is 0.704. The van der Waals surface area contributed by atoms with Crippen LogP contribution in [0.25, 0.3) is 0 Å². The highest BCUT2D eigenvalue weighted by Gasteiger charge is 2.50. The van der Waals surface area contributed by atoms with Crippen molar-refractivity contribution in [3.8, 4) is 0 Å². The fraction of sp³-hybridized carbons (Fsp3) is 0.778. The van der Waals surface area contributed by atoms with Crippen LogP contribution in [0.2, 0.25) is 0 Å². The second-order valence-corrected chi connectivity index (χ2v) is 9.52. The van der Waals surface area contributed by atoms with Crippen LogP contribution in [0.1, 0.15) is 43.9 Å². The van der Waals surface area contributed by atoms with Crippen LogP contribution in [-0.4, -0.2) is 12.6 Å². The Morgan fingerprint density at radius 1 is 1.19 bits per heavy atom. The molecular formula is C18H26BrNS. The van der Waals surface area contributed by atoms with E-state index in [9.17, 15) is 0 Å². The van der Waals surface area contributed by atoms with E-state index in [1.54, 1.807) is 11.3 Å². The van der Waals surface area contributed by atoms with Crippen molar-refractivity contribution in [3.05, 3.63) is 20.8 Å². The molecule has 0 aliphatic heterocycles. The van der Waals surface area contributed by atoms with Crippen LogP contribution in [0.5, 0.6) is 0 Å². The van der Waals surface area contributed by atoms with Gasteiger partial charge in [0.05, 0.1) is 0 Å². The highest BCUT2D eigenvalue weighted by atomic mass is 79.9. The SMILES string of the molecule is CCNC(Cc1cc(Br)cs1)C1C2CC3CC(C2)CC1C3. The fourth-order valence-corrected chi connectivity index (χ4v) is 7.42. The molecule has 0 spiro atoms. The van der Waals surface area contributed by atoms with Crippen LogP contribution in [0.4, 0.5) is 0 Å². The van der Waals surface area contributed by atoms with Gasteiger partial charge in [0.25, 0.3) is 0 Å². The van der Waals surface area contributed by atoms with Gasteiger partial charge in [0, 0.05) is 20.8 Å². The van der Waals surface area contributed by atoms with E-state index >= 15 is 0 Å². The predicted octanol–water partition coefficient (Wildman–Crippen LogP) is 5.10. The van der Waals surface area contributed by atoms with E-state index in [4.69, 9.17) is 0 Å². The van der Waals surface area contributed by atoms with E-state index in [1.807, 2.05) is 11.3 Å². The van der Waals surface area contributed by atoms with Crippen molar-refractivity contribution in [2.24, 2.45) is 29.6 Å². The topological polar surface area (TPSA) is 12.0 Å². The third-order valence-electron chi connectivity index (χ3n) is 6.27. The van der Waals surface area contributed by atoms with Crippen LogP contribution in [0, 0.1) is 29.6 Å². The van der Waals surface area contributed by atoms with Gasteiger partial charge in [-0.1, -0.05) is 6.92 Å². The third kappa shape index (κ3) is 2.86. The van der Waals surface area contributed by atoms with Crippen LogP contribution in [-0.2, 0) is 6.42 Å². The Balaban J connectivity index is 1.53. The van der Waals surface area contributed by atoms with E-state index in [2.05, 4.69) is 39.6 Å². The number of nitrogens with one attached hydrogen (secondary N) is 1. The molecule has 5 rings (SSSR count). The van der Waals surface area contributed by atoms with Crippen molar-refractivity contribution in [1.82, 2.24) is 5.32 Å². The van der Waals surface area contributed by atoms with Crippen LogP contribution in [0.15, 0.2) is 15.9 Å². The minimum Gasteiger partial charge on any atom is -0.314 e. The first-order valence-electron chi connectivity index (χ1n) is 8.69. The summed E-state index contributed by atoms with van der Waals surface area (Å²) < 4.78 is 1.25. The summed E-state index contributed by atoms with van der Waals surface area (Å²) in [7, 11) is 0. The average Bonchev–Trinajstić information content (AvgIpc) is 2.83. The quantitative estimate of drug-likeness (QED) is 0.762. The molecule has 4 bridgehead atoms. The maximum atomic E-state index is 3.86. The van der Waals surface area contributed by atoms with Gasteiger partial charge in [-0.05, 0) is 96.7 Å². The summed E-state index contributed by atoms with van der Waals surface area (Å²) >= 11 is 5.53. The lowest BCUT2D eigenvalue weighted by Crippen LogP contribution is -2.53. The minimum absolute atomic E-state index is 0.704. The van der Waals surface area contributed by atoms with Gasteiger partial charge < -0.3 is 5.32 Å². The smallest absolute Gasteiger partial charge is 0.0285 e. The molecule has 1 nitrogen and oxygen atoms in total. The molecule has 0 amide bonds. The van der Waals surface area contributed by atoms with E-state index in [0.717, 1.165) is 36.1 Å². The normalized spacial score (nSPS) is 38.9. The summed E-state index contributed by atoms with van der Waals surface area (Å²) in [4.78, 5) is 1.54. The molecule has 4 aliphatic rings. The molecule has 1 heterocycles. The Hall–Kier alpha value is 0.140. The number of hydrogen-bond acceptors (Lipinski definition) is 2. The average molecular weight is 368 g/mol. The molecule has 4 fully saturated rings. The molecule has 1 aromatic rings. The summed E-state index contributed by atoms with van der Waals surface area (Å²) in [6.45, 7) is 3.38. The van der Waals surface area contributed by atoms with E-state index < -0.39 is 0 Å². The number of thiophene rings is 1. The molecule has 3 heteroatoms. The molecule has 1 unspecified atom stereocenters. The molecule has 0 saturated heterocycles. The summed E-state index contributed by atoms with van der Waals surface area (Å²) in [5.74, 6) is 5.16. The zero-order valence-corrected chi connectivity index (χ0v) is 15.3. The summed E-state index contributed by atoms with van der Waals surface area (Å²) in [6, 6.07) is 3.03. The first-order chi connectivity index (χ1) is 10.2. The van der Waals surface area contributed by atoms with Gasteiger partial charge in [-0.2, -0.15) is 0 Å². The first-order valence-corrected chi connectivity index (χ1v) is 10.4. The monoisotopic (exact) mass is 367 g/mol. The Labute approximate surface area is 141 Å². The first kappa shape index (κ1) is 14.7. The number of halogens is 1. The zero-order chi connectivity index (χ0) is 14.4. The number of likely N-dealkylation sites (N-methyl/N-ethyl adjacent to an activating group) is 1. The highest BCUT2D eigenvalue weighted by molar-refractivity contribution is 9.10. The van der Waals surface area contributed by atoms with Crippen molar-refractivity contribution in [2.45, 2.75) is 51.5 Å². The molecule has 1 atom stereocenters. The van der Waals surface area contributed by atoms with Gasteiger partial charge in [-0.25, -0.2) is 0 Å². The Bertz CT molecular complexity index is 469. The van der Waals surface area contributed by atoms with Gasteiger partial charge in [0.1, 0.15) is 0 Å². The lowest BCUT2D eigenvalue weighted by atomic mass is 9.50. The molecule has 0 radical (unpaired) electrons. The van der Waals surface area contributed by atoms with Crippen molar-refractivity contribution in [3.63, 3.8) is 0 Å². The number of rotatable bonds is 5. The molecule has 1 N–H and O–H groups in total. The van der Waals surface area contributed by atoms with Crippen molar-refractivity contribution < 1.29 is 0 Å². The summed E-state index contributed by atoms with van der Waals surface area (Å²) in [5.41, 5.74) is 0. The van der Waals surface area contributed by atoms with Gasteiger partial charge in [0.2, 0.25) is 0 Å². The largest absolute Gasteiger partial charge is 0.314 e. The molecule has 0 aromatic carbocycles. The van der Waals surface area contributed by atoms with Crippen molar-refractivity contribution in [2.75, 3.05) is 6.54 Å². The zero-order valence-electron chi connectivity index (χ0n) is 12.9. The van der Waals surface area contributed by atoms with Gasteiger partial charge in [0.15, 0.2) is 0 Å². The highest BCUT2D eigenvalue weighted by Crippen LogP contribution is 2.57. The second-order valence-electron chi connectivity index (χ2n) is 7.61. The second kappa shape index (κ2) is 5.98. The van der Waals surface area contributed by atoms with Gasteiger partial charge in [-0.15, -0.1) is 11.3 Å². The van der Waals surface area contributed by atoms with Crippen molar-refractivity contribution in [1.29, 1.82) is 0 Å². The van der Waals surface area contributed by atoms with Crippen LogP contribution < -0.4 is 5.32 Å². The summed E-state index contributed by atoms with van der Waals surface area (Å²) in [5, 5.41) is 6.09. The molecule has 116 valence electrons. The lowest BCUT2D eigenvalue weighted by molar-refractivity contribution is -0.0514. The van der Waals surface area contributed by atoms with Gasteiger partial charge in [-0.3, -0.25) is 0 Å². The molecule has 4 saturated carbocycles. The Kier molecular flexibility index (Phi) is 4.19. The van der Waals surface area contributed by atoms with Crippen LogP contribution >= 0.6 is 27.3 Å². The molecular weight excluding hydrogens is 342 g/mol. The number of hydrogen-bond donors (Lipinski definition) is 1. The van der Waals surface area contributed by atoms with Crippen LogP contribution in [0.3, 0.4) is 0 Å².